The number of carboxylic acid groups (broad SMARTS) is 1. The van der Waals surface area contributed by atoms with Gasteiger partial charge in [0.25, 0.3) is 0 Å². The van der Waals surface area contributed by atoms with Gasteiger partial charge in [0.2, 0.25) is 0 Å². The summed E-state index contributed by atoms with van der Waals surface area (Å²) >= 11 is 0. The minimum Gasteiger partial charge on any atom is -0.481 e. The fraction of sp³-hybridized carbons (Fsp3) is 0.923. The van der Waals surface area contributed by atoms with Crippen molar-refractivity contribution in [3.8, 4) is 0 Å². The number of carboxylic acids is 1. The summed E-state index contributed by atoms with van der Waals surface area (Å²) in [5.41, 5.74) is 0. The van der Waals surface area contributed by atoms with Crippen molar-refractivity contribution in [3.05, 3.63) is 0 Å². The molecule has 0 aromatic rings. The Morgan fingerprint density at radius 2 is 1.50 bits per heavy atom. The fourth-order valence-electron chi connectivity index (χ4n) is 1.58. The average Bonchev–Trinajstić information content (AvgIpc) is 2.20. The summed E-state index contributed by atoms with van der Waals surface area (Å²) in [4.78, 5) is 10.2. The summed E-state index contributed by atoms with van der Waals surface area (Å²) in [5.74, 6) is -0.675. The Kier molecular flexibility index (Phi) is 10.5. The molecule has 0 radical (unpaired) electrons. The molecule has 0 unspecified atom stereocenters. The Morgan fingerprint density at radius 3 is 2.00 bits per heavy atom. The van der Waals surface area contributed by atoms with Gasteiger partial charge in [0.1, 0.15) is 0 Å². The van der Waals surface area contributed by atoms with Gasteiger partial charge in [0.15, 0.2) is 0 Å². The predicted octanol–water partition coefficient (Wildman–Crippen LogP) is 3.62. The quantitative estimate of drug-likeness (QED) is 0.551. The van der Waals surface area contributed by atoms with E-state index >= 15 is 0 Å². The lowest BCUT2D eigenvalue weighted by atomic mass is 10.1. The molecule has 0 aromatic heterocycles. The third kappa shape index (κ3) is 13.4. The van der Waals surface area contributed by atoms with Crippen LogP contribution in [0.2, 0.25) is 0 Å². The lowest BCUT2D eigenvalue weighted by molar-refractivity contribution is -0.137. The van der Waals surface area contributed by atoms with E-state index in [1.807, 2.05) is 0 Å². The molecule has 0 bridgehead atoms. The van der Waals surface area contributed by atoms with Crippen molar-refractivity contribution in [1.82, 2.24) is 0 Å². The van der Waals surface area contributed by atoms with E-state index in [0.29, 0.717) is 12.5 Å². The normalized spacial score (nSPS) is 10.9. The highest BCUT2D eigenvalue weighted by molar-refractivity contribution is 5.66. The lowest BCUT2D eigenvalue weighted by Gasteiger charge is -2.06. The Morgan fingerprint density at radius 1 is 1.00 bits per heavy atom. The van der Waals surface area contributed by atoms with E-state index in [0.717, 1.165) is 32.3 Å². The number of carbonyl (C=O) groups is 1. The minimum absolute atomic E-state index is 0.322. The van der Waals surface area contributed by atoms with Gasteiger partial charge >= 0.3 is 5.97 Å². The van der Waals surface area contributed by atoms with Crippen LogP contribution in [0.3, 0.4) is 0 Å². The van der Waals surface area contributed by atoms with E-state index in [1.165, 1.54) is 19.3 Å². The van der Waals surface area contributed by atoms with Gasteiger partial charge in [0.05, 0.1) is 6.10 Å². The van der Waals surface area contributed by atoms with E-state index in [-0.39, 0.29) is 0 Å². The van der Waals surface area contributed by atoms with Crippen molar-refractivity contribution in [3.63, 3.8) is 0 Å². The summed E-state index contributed by atoms with van der Waals surface area (Å²) in [6.07, 6.45) is 8.55. The number of rotatable bonds is 11. The molecule has 16 heavy (non-hydrogen) atoms. The van der Waals surface area contributed by atoms with E-state index < -0.39 is 5.97 Å². The molecule has 3 heteroatoms. The summed E-state index contributed by atoms with van der Waals surface area (Å²) in [6, 6.07) is 0. The molecule has 0 atom stereocenters. The summed E-state index contributed by atoms with van der Waals surface area (Å²) in [5, 5.41) is 8.44. The molecule has 0 rings (SSSR count). The maximum atomic E-state index is 10.2. The van der Waals surface area contributed by atoms with Gasteiger partial charge < -0.3 is 9.84 Å². The highest BCUT2D eigenvalue weighted by atomic mass is 16.5. The maximum absolute atomic E-state index is 10.2. The van der Waals surface area contributed by atoms with Crippen LogP contribution in [0.4, 0.5) is 0 Å². The van der Waals surface area contributed by atoms with Gasteiger partial charge in [-0.3, -0.25) is 4.79 Å². The minimum atomic E-state index is -0.675. The van der Waals surface area contributed by atoms with Crippen LogP contribution in [-0.4, -0.2) is 23.8 Å². The molecule has 0 fully saturated rings. The molecular formula is C13H26O3. The molecule has 0 aromatic carbocycles. The SMILES string of the molecule is CC(C)OCCCCCCCCCC(=O)O. The van der Waals surface area contributed by atoms with E-state index in [9.17, 15) is 4.79 Å². The number of hydrogen-bond acceptors (Lipinski definition) is 2. The van der Waals surface area contributed by atoms with Crippen LogP contribution in [0.25, 0.3) is 0 Å². The second-order valence-electron chi connectivity index (χ2n) is 4.54. The Labute approximate surface area is 99.2 Å². The van der Waals surface area contributed by atoms with Crippen LogP contribution in [0.1, 0.15) is 65.2 Å². The van der Waals surface area contributed by atoms with Gasteiger partial charge in [0, 0.05) is 13.0 Å². The highest BCUT2D eigenvalue weighted by Crippen LogP contribution is 2.08. The zero-order valence-electron chi connectivity index (χ0n) is 10.7. The summed E-state index contributed by atoms with van der Waals surface area (Å²) in [6.45, 7) is 4.99. The second kappa shape index (κ2) is 10.9. The first-order valence-electron chi connectivity index (χ1n) is 6.46. The standard InChI is InChI=1S/C13H26O3/c1-12(2)16-11-9-7-5-3-4-6-8-10-13(14)15/h12H,3-11H2,1-2H3,(H,14,15). The molecule has 1 N–H and O–H groups in total. The maximum Gasteiger partial charge on any atom is 0.303 e. The topological polar surface area (TPSA) is 46.5 Å². The highest BCUT2D eigenvalue weighted by Gasteiger charge is 1.97. The van der Waals surface area contributed by atoms with E-state index in [2.05, 4.69) is 13.8 Å². The first-order chi connectivity index (χ1) is 7.63. The molecule has 0 saturated carbocycles. The molecule has 0 spiro atoms. The first-order valence-corrected chi connectivity index (χ1v) is 6.46. The van der Waals surface area contributed by atoms with Crippen molar-refractivity contribution in [1.29, 1.82) is 0 Å². The monoisotopic (exact) mass is 230 g/mol. The molecule has 0 aliphatic heterocycles. The Bertz CT molecular complexity index is 167. The second-order valence-corrected chi connectivity index (χ2v) is 4.54. The summed E-state index contributed by atoms with van der Waals surface area (Å²) < 4.78 is 5.45. The Hall–Kier alpha value is -0.570. The molecule has 0 heterocycles. The van der Waals surface area contributed by atoms with Gasteiger partial charge in [-0.15, -0.1) is 0 Å². The average molecular weight is 230 g/mol. The molecule has 0 amide bonds. The van der Waals surface area contributed by atoms with Crippen molar-refractivity contribution in [2.45, 2.75) is 71.3 Å². The van der Waals surface area contributed by atoms with Crippen LogP contribution in [0.15, 0.2) is 0 Å². The predicted molar refractivity (Wildman–Crippen MR) is 65.7 cm³/mol. The number of aliphatic carboxylic acids is 1. The Balaban J connectivity index is 2.96. The molecule has 0 aliphatic rings. The summed E-state index contributed by atoms with van der Waals surface area (Å²) in [7, 11) is 0. The van der Waals surface area contributed by atoms with Crippen molar-refractivity contribution < 1.29 is 14.6 Å². The van der Waals surface area contributed by atoms with Crippen LogP contribution >= 0.6 is 0 Å². The van der Waals surface area contributed by atoms with Gasteiger partial charge in [-0.2, -0.15) is 0 Å². The zero-order chi connectivity index (χ0) is 12.2. The van der Waals surface area contributed by atoms with Crippen molar-refractivity contribution >= 4 is 5.97 Å². The third-order valence-electron chi connectivity index (χ3n) is 2.49. The zero-order valence-corrected chi connectivity index (χ0v) is 10.7. The molecular weight excluding hydrogens is 204 g/mol. The smallest absolute Gasteiger partial charge is 0.303 e. The fourth-order valence-corrected chi connectivity index (χ4v) is 1.58. The van der Waals surface area contributed by atoms with E-state index in [4.69, 9.17) is 9.84 Å². The van der Waals surface area contributed by atoms with Crippen LogP contribution in [-0.2, 0) is 9.53 Å². The molecule has 3 nitrogen and oxygen atoms in total. The molecule has 0 aliphatic carbocycles. The van der Waals surface area contributed by atoms with E-state index in [1.54, 1.807) is 0 Å². The first kappa shape index (κ1) is 15.4. The van der Waals surface area contributed by atoms with Gasteiger partial charge in [-0.25, -0.2) is 0 Å². The number of hydrogen-bond donors (Lipinski definition) is 1. The number of ether oxygens (including phenoxy) is 1. The van der Waals surface area contributed by atoms with Crippen molar-refractivity contribution in [2.24, 2.45) is 0 Å². The largest absolute Gasteiger partial charge is 0.481 e. The van der Waals surface area contributed by atoms with Crippen LogP contribution in [0, 0.1) is 0 Å². The lowest BCUT2D eigenvalue weighted by Crippen LogP contribution is -2.03. The van der Waals surface area contributed by atoms with Gasteiger partial charge in [-0.1, -0.05) is 32.1 Å². The van der Waals surface area contributed by atoms with Crippen LogP contribution < -0.4 is 0 Å². The number of unbranched alkanes of at least 4 members (excludes halogenated alkanes) is 6. The third-order valence-corrected chi connectivity index (χ3v) is 2.49. The van der Waals surface area contributed by atoms with Crippen molar-refractivity contribution in [2.75, 3.05) is 6.61 Å². The molecule has 96 valence electrons. The van der Waals surface area contributed by atoms with Gasteiger partial charge in [-0.05, 0) is 26.7 Å². The molecule has 0 saturated heterocycles. The van der Waals surface area contributed by atoms with Crippen LogP contribution in [0.5, 0.6) is 0 Å².